The zero-order valence-corrected chi connectivity index (χ0v) is 8.03. The van der Waals surface area contributed by atoms with Crippen molar-refractivity contribution in [3.8, 4) is 0 Å². The molecule has 0 radical (unpaired) electrons. The quantitative estimate of drug-likeness (QED) is 0.609. The van der Waals surface area contributed by atoms with Crippen LogP contribution in [0.4, 0.5) is 5.69 Å². The van der Waals surface area contributed by atoms with Gasteiger partial charge in [0.05, 0.1) is 0 Å². The maximum Gasteiger partial charge on any atom is 0.321 e. The number of rotatable bonds is 4. The van der Waals surface area contributed by atoms with Crippen molar-refractivity contribution in [3.05, 3.63) is 29.8 Å². The molecule has 0 aromatic heterocycles. The van der Waals surface area contributed by atoms with Gasteiger partial charge in [0.1, 0.15) is 6.04 Å². The van der Waals surface area contributed by atoms with Crippen LogP contribution >= 0.6 is 0 Å². The second kappa shape index (κ2) is 4.62. The Labute approximate surface area is 82.7 Å². The molecule has 0 aliphatic carbocycles. The van der Waals surface area contributed by atoms with Crippen LogP contribution in [-0.2, 0) is 11.2 Å². The predicted molar refractivity (Wildman–Crippen MR) is 55.0 cm³/mol. The van der Waals surface area contributed by atoms with Gasteiger partial charge in [-0.3, -0.25) is 4.79 Å². The van der Waals surface area contributed by atoms with Gasteiger partial charge in [-0.2, -0.15) is 0 Å². The molecule has 1 aromatic rings. The molecule has 4 heteroatoms. The number of benzene rings is 1. The molecule has 1 rings (SSSR count). The molecule has 1 unspecified atom stereocenters. The molecule has 0 saturated heterocycles. The van der Waals surface area contributed by atoms with Gasteiger partial charge in [-0.05, 0) is 31.2 Å². The molecule has 1 atom stereocenters. The minimum atomic E-state index is -0.852. The Morgan fingerprint density at radius 2 is 2.36 bits per heavy atom. The second-order valence-electron chi connectivity index (χ2n) is 3.13. The van der Waals surface area contributed by atoms with E-state index in [1.54, 1.807) is 19.2 Å². The average molecular weight is 194 g/mol. The molecule has 4 N–H and O–H groups in total. The number of nitrogens with one attached hydrogen (secondary N) is 1. The van der Waals surface area contributed by atoms with Crippen LogP contribution in [0.1, 0.15) is 5.56 Å². The van der Waals surface area contributed by atoms with Crippen molar-refractivity contribution in [2.45, 2.75) is 12.5 Å². The summed E-state index contributed by atoms with van der Waals surface area (Å²) in [6.07, 6.45) is 0.441. The molecule has 4 nitrogen and oxygen atoms in total. The first-order valence-corrected chi connectivity index (χ1v) is 4.38. The number of hydrogen-bond donors (Lipinski definition) is 3. The highest BCUT2D eigenvalue weighted by Gasteiger charge is 2.14. The van der Waals surface area contributed by atoms with Crippen LogP contribution in [0, 0.1) is 0 Å². The molecule has 0 bridgehead atoms. The third kappa shape index (κ3) is 2.74. The lowest BCUT2D eigenvalue weighted by molar-refractivity contribution is -0.139. The minimum absolute atomic E-state index is 0.441. The Morgan fingerprint density at radius 3 is 2.86 bits per heavy atom. The Morgan fingerprint density at radius 1 is 1.64 bits per heavy atom. The fourth-order valence-corrected chi connectivity index (χ4v) is 1.27. The molecule has 0 heterocycles. The van der Waals surface area contributed by atoms with E-state index in [9.17, 15) is 4.79 Å². The van der Waals surface area contributed by atoms with Gasteiger partial charge in [0.15, 0.2) is 0 Å². The maximum absolute atomic E-state index is 10.7. The minimum Gasteiger partial charge on any atom is -0.480 e. The third-order valence-corrected chi connectivity index (χ3v) is 2.04. The first-order chi connectivity index (χ1) is 6.63. The summed E-state index contributed by atoms with van der Waals surface area (Å²) in [6, 6.07) is 6.69. The summed E-state index contributed by atoms with van der Waals surface area (Å²) in [7, 11) is 1.63. The summed E-state index contributed by atoms with van der Waals surface area (Å²) in [5.41, 5.74) is 7.16. The van der Waals surface area contributed by atoms with E-state index >= 15 is 0 Å². The van der Waals surface area contributed by atoms with Gasteiger partial charge in [0, 0.05) is 5.69 Å². The maximum atomic E-state index is 10.7. The first-order valence-electron chi connectivity index (χ1n) is 4.38. The normalized spacial score (nSPS) is 12.4. The first kappa shape index (κ1) is 10.5. The van der Waals surface area contributed by atoms with E-state index in [1.165, 1.54) is 0 Å². The molecule has 76 valence electrons. The number of carboxylic acids is 1. The number of anilines is 1. The van der Waals surface area contributed by atoms with Gasteiger partial charge in [-0.25, -0.2) is 0 Å². The zero-order chi connectivity index (χ0) is 10.6. The number of nitrogen functional groups attached to an aromatic ring is 1. The second-order valence-corrected chi connectivity index (χ2v) is 3.13. The zero-order valence-electron chi connectivity index (χ0n) is 8.03. The Balaban J connectivity index is 2.72. The predicted octanol–water partition coefficient (Wildman–Crippen LogP) is 0.484. The summed E-state index contributed by atoms with van der Waals surface area (Å²) in [6.45, 7) is 0. The van der Waals surface area contributed by atoms with Crippen molar-refractivity contribution in [2.24, 2.45) is 0 Å². The Bertz CT molecular complexity index is 326. The van der Waals surface area contributed by atoms with Crippen molar-refractivity contribution >= 4 is 11.7 Å². The van der Waals surface area contributed by atoms with E-state index < -0.39 is 12.0 Å². The Kier molecular flexibility index (Phi) is 3.48. The number of carbonyl (C=O) groups is 1. The van der Waals surface area contributed by atoms with Crippen LogP contribution in [0.3, 0.4) is 0 Å². The lowest BCUT2D eigenvalue weighted by Gasteiger charge is -2.10. The van der Waals surface area contributed by atoms with Crippen molar-refractivity contribution in [1.29, 1.82) is 0 Å². The van der Waals surface area contributed by atoms with Gasteiger partial charge in [-0.1, -0.05) is 12.1 Å². The largest absolute Gasteiger partial charge is 0.480 e. The number of aliphatic carboxylic acids is 1. The van der Waals surface area contributed by atoms with Crippen LogP contribution in [0.5, 0.6) is 0 Å². The molecule has 0 saturated carbocycles. The van der Waals surface area contributed by atoms with Crippen molar-refractivity contribution < 1.29 is 9.90 Å². The topological polar surface area (TPSA) is 75.3 Å². The number of nitrogens with two attached hydrogens (primary N) is 1. The summed E-state index contributed by atoms with van der Waals surface area (Å²) in [4.78, 5) is 10.7. The van der Waals surface area contributed by atoms with Crippen LogP contribution < -0.4 is 11.1 Å². The summed E-state index contributed by atoms with van der Waals surface area (Å²) in [5.74, 6) is -0.852. The molecule has 0 spiro atoms. The van der Waals surface area contributed by atoms with Crippen LogP contribution in [0.15, 0.2) is 24.3 Å². The molecule has 1 aromatic carbocycles. The molecular weight excluding hydrogens is 180 g/mol. The molecule has 0 aliphatic rings. The van der Waals surface area contributed by atoms with Crippen molar-refractivity contribution in [1.82, 2.24) is 5.32 Å². The van der Waals surface area contributed by atoms with Crippen molar-refractivity contribution in [3.63, 3.8) is 0 Å². The highest BCUT2D eigenvalue weighted by Crippen LogP contribution is 2.08. The van der Waals surface area contributed by atoms with Gasteiger partial charge in [0.2, 0.25) is 0 Å². The number of carboxylic acid groups (broad SMARTS) is 1. The van der Waals surface area contributed by atoms with Gasteiger partial charge in [0.25, 0.3) is 0 Å². The van der Waals surface area contributed by atoms with Crippen molar-refractivity contribution in [2.75, 3.05) is 12.8 Å². The van der Waals surface area contributed by atoms with Gasteiger partial charge >= 0.3 is 5.97 Å². The molecule has 14 heavy (non-hydrogen) atoms. The smallest absolute Gasteiger partial charge is 0.321 e. The van der Waals surface area contributed by atoms with E-state index in [4.69, 9.17) is 10.8 Å². The number of hydrogen-bond acceptors (Lipinski definition) is 3. The molecule has 0 amide bonds. The van der Waals surface area contributed by atoms with Gasteiger partial charge < -0.3 is 16.2 Å². The van der Waals surface area contributed by atoms with E-state index in [-0.39, 0.29) is 0 Å². The van der Waals surface area contributed by atoms with Gasteiger partial charge in [-0.15, -0.1) is 0 Å². The fraction of sp³-hybridized carbons (Fsp3) is 0.300. The molecule has 0 aliphatic heterocycles. The molecular formula is C10H14N2O2. The third-order valence-electron chi connectivity index (χ3n) is 2.04. The summed E-state index contributed by atoms with van der Waals surface area (Å²) >= 11 is 0. The highest BCUT2D eigenvalue weighted by molar-refractivity contribution is 5.73. The monoisotopic (exact) mass is 194 g/mol. The fourth-order valence-electron chi connectivity index (χ4n) is 1.27. The lowest BCUT2D eigenvalue weighted by atomic mass is 10.1. The standard InChI is InChI=1S/C10H14N2O2/c1-12-9(10(13)14)6-7-3-2-4-8(11)5-7/h2-5,9,12H,6,11H2,1H3,(H,13,14). The van der Waals surface area contributed by atoms with E-state index in [0.29, 0.717) is 12.1 Å². The van der Waals surface area contributed by atoms with E-state index in [1.807, 2.05) is 12.1 Å². The van der Waals surface area contributed by atoms with E-state index in [0.717, 1.165) is 5.56 Å². The summed E-state index contributed by atoms with van der Waals surface area (Å²) < 4.78 is 0. The summed E-state index contributed by atoms with van der Waals surface area (Å²) in [5, 5.41) is 11.5. The molecule has 0 fully saturated rings. The highest BCUT2D eigenvalue weighted by atomic mass is 16.4. The van der Waals surface area contributed by atoms with Crippen LogP contribution in [0.25, 0.3) is 0 Å². The SMILES string of the molecule is CNC(Cc1cccc(N)c1)C(=O)O. The average Bonchev–Trinajstić information content (AvgIpc) is 2.14. The Hall–Kier alpha value is -1.55. The van der Waals surface area contributed by atoms with Crippen LogP contribution in [-0.4, -0.2) is 24.2 Å². The van der Waals surface area contributed by atoms with Crippen LogP contribution in [0.2, 0.25) is 0 Å². The van der Waals surface area contributed by atoms with E-state index in [2.05, 4.69) is 5.32 Å². The number of likely N-dealkylation sites (N-methyl/N-ethyl adjacent to an activating group) is 1. The lowest BCUT2D eigenvalue weighted by Crippen LogP contribution is -2.35.